The minimum absolute atomic E-state index is 0.156. The number of thioether (sulfide) groups is 1. The molecule has 0 aliphatic carbocycles. The van der Waals surface area contributed by atoms with Gasteiger partial charge in [0.2, 0.25) is 0 Å². The SMILES string of the molecule is CCOC(=O)CSc1nnc(-c2cccnc2)n1-c1cccc(OC)c1. The first-order valence-corrected chi connectivity index (χ1v) is 9.00. The number of hydrogen-bond acceptors (Lipinski definition) is 7. The fourth-order valence-corrected chi connectivity index (χ4v) is 3.10. The van der Waals surface area contributed by atoms with Gasteiger partial charge in [-0.25, -0.2) is 0 Å². The Morgan fingerprint density at radius 1 is 1.23 bits per heavy atom. The molecule has 0 atom stereocenters. The normalized spacial score (nSPS) is 10.5. The maximum absolute atomic E-state index is 11.7. The Morgan fingerprint density at radius 2 is 2.12 bits per heavy atom. The average molecular weight is 370 g/mol. The van der Waals surface area contributed by atoms with E-state index < -0.39 is 0 Å². The van der Waals surface area contributed by atoms with Crippen molar-refractivity contribution in [3.05, 3.63) is 48.8 Å². The first-order valence-electron chi connectivity index (χ1n) is 8.01. The molecule has 26 heavy (non-hydrogen) atoms. The number of carbonyl (C=O) groups is 1. The van der Waals surface area contributed by atoms with Gasteiger partial charge in [-0.15, -0.1) is 10.2 Å². The van der Waals surface area contributed by atoms with E-state index in [-0.39, 0.29) is 11.7 Å². The summed E-state index contributed by atoms with van der Waals surface area (Å²) in [5.41, 5.74) is 1.66. The van der Waals surface area contributed by atoms with Crippen LogP contribution >= 0.6 is 11.8 Å². The molecule has 0 bridgehead atoms. The Balaban J connectivity index is 2.02. The van der Waals surface area contributed by atoms with Gasteiger partial charge >= 0.3 is 5.97 Å². The van der Waals surface area contributed by atoms with E-state index in [0.29, 0.717) is 17.6 Å². The molecule has 3 aromatic rings. The molecule has 8 heteroatoms. The van der Waals surface area contributed by atoms with Crippen molar-refractivity contribution < 1.29 is 14.3 Å². The maximum Gasteiger partial charge on any atom is 0.316 e. The van der Waals surface area contributed by atoms with Crippen LogP contribution in [-0.2, 0) is 9.53 Å². The second-order valence-electron chi connectivity index (χ2n) is 5.18. The van der Waals surface area contributed by atoms with Gasteiger partial charge in [0.25, 0.3) is 0 Å². The number of ether oxygens (including phenoxy) is 2. The minimum Gasteiger partial charge on any atom is -0.497 e. The maximum atomic E-state index is 11.7. The van der Waals surface area contributed by atoms with Gasteiger partial charge in [0.05, 0.1) is 25.2 Å². The number of pyridine rings is 1. The monoisotopic (exact) mass is 370 g/mol. The number of esters is 1. The number of methoxy groups -OCH3 is 1. The number of nitrogens with zero attached hydrogens (tertiary/aromatic N) is 4. The highest BCUT2D eigenvalue weighted by molar-refractivity contribution is 7.99. The molecule has 0 aliphatic heterocycles. The number of rotatable bonds is 7. The zero-order valence-corrected chi connectivity index (χ0v) is 15.3. The Hall–Kier alpha value is -2.87. The molecule has 0 radical (unpaired) electrons. The molecule has 7 nitrogen and oxygen atoms in total. The second kappa shape index (κ2) is 8.48. The van der Waals surface area contributed by atoms with Crippen molar-refractivity contribution in [1.82, 2.24) is 19.7 Å². The van der Waals surface area contributed by atoms with Gasteiger partial charge in [-0.05, 0) is 31.2 Å². The zero-order valence-electron chi connectivity index (χ0n) is 14.5. The van der Waals surface area contributed by atoms with Crippen LogP contribution in [0, 0.1) is 0 Å². The number of hydrogen-bond donors (Lipinski definition) is 0. The molecule has 2 heterocycles. The third kappa shape index (κ3) is 4.02. The van der Waals surface area contributed by atoms with Crippen LogP contribution < -0.4 is 4.74 Å². The average Bonchev–Trinajstić information content (AvgIpc) is 3.11. The van der Waals surface area contributed by atoms with E-state index in [1.807, 2.05) is 41.0 Å². The van der Waals surface area contributed by atoms with E-state index in [0.717, 1.165) is 17.0 Å². The van der Waals surface area contributed by atoms with Crippen molar-refractivity contribution >= 4 is 17.7 Å². The lowest BCUT2D eigenvalue weighted by Gasteiger charge is -2.11. The topological polar surface area (TPSA) is 79.1 Å². The van der Waals surface area contributed by atoms with Crippen LogP contribution in [0.15, 0.2) is 53.9 Å². The van der Waals surface area contributed by atoms with Crippen LogP contribution in [0.3, 0.4) is 0 Å². The number of aromatic nitrogens is 4. The molecule has 3 rings (SSSR count). The molecule has 0 saturated carbocycles. The van der Waals surface area contributed by atoms with Crippen LogP contribution in [-0.4, -0.2) is 45.2 Å². The van der Waals surface area contributed by atoms with E-state index >= 15 is 0 Å². The summed E-state index contributed by atoms with van der Waals surface area (Å²) in [5, 5.41) is 9.15. The minimum atomic E-state index is -0.291. The fraction of sp³-hybridized carbons (Fsp3) is 0.222. The predicted octanol–water partition coefficient (Wildman–Crippen LogP) is 2.99. The largest absolute Gasteiger partial charge is 0.497 e. The summed E-state index contributed by atoms with van der Waals surface area (Å²) in [6, 6.07) is 11.3. The predicted molar refractivity (Wildman–Crippen MR) is 98.5 cm³/mol. The highest BCUT2D eigenvalue weighted by Gasteiger charge is 2.18. The van der Waals surface area contributed by atoms with E-state index in [1.165, 1.54) is 11.8 Å². The van der Waals surface area contributed by atoms with Gasteiger partial charge in [-0.3, -0.25) is 14.3 Å². The Labute approximate surface area is 155 Å². The standard InChI is InChI=1S/C18H18N4O3S/c1-3-25-16(23)12-26-18-21-20-17(13-6-5-9-19-11-13)22(18)14-7-4-8-15(10-14)24-2/h4-11H,3,12H2,1-2H3. The van der Waals surface area contributed by atoms with Crippen LogP contribution in [0.2, 0.25) is 0 Å². The van der Waals surface area contributed by atoms with Crippen LogP contribution in [0.1, 0.15) is 6.92 Å². The molecule has 0 unspecified atom stereocenters. The third-order valence-electron chi connectivity index (χ3n) is 3.49. The van der Waals surface area contributed by atoms with Gasteiger partial charge in [0.1, 0.15) is 5.75 Å². The van der Waals surface area contributed by atoms with Crippen molar-refractivity contribution in [3.8, 4) is 22.8 Å². The molecule has 1 aromatic carbocycles. The van der Waals surface area contributed by atoms with Gasteiger partial charge in [-0.1, -0.05) is 17.8 Å². The van der Waals surface area contributed by atoms with Crippen molar-refractivity contribution in [1.29, 1.82) is 0 Å². The summed E-state index contributed by atoms with van der Waals surface area (Å²) in [6.45, 7) is 2.13. The molecule has 0 N–H and O–H groups in total. The fourth-order valence-electron chi connectivity index (χ4n) is 2.35. The van der Waals surface area contributed by atoms with Crippen LogP contribution in [0.5, 0.6) is 5.75 Å². The molecule has 134 valence electrons. The van der Waals surface area contributed by atoms with Gasteiger partial charge in [0.15, 0.2) is 11.0 Å². The second-order valence-corrected chi connectivity index (χ2v) is 6.12. The van der Waals surface area contributed by atoms with E-state index in [9.17, 15) is 4.79 Å². The summed E-state index contributed by atoms with van der Waals surface area (Å²) in [7, 11) is 1.61. The molecular formula is C18H18N4O3S. The smallest absolute Gasteiger partial charge is 0.316 e. The Kier molecular flexibility index (Phi) is 5.85. The number of carbonyl (C=O) groups excluding carboxylic acids is 1. The first kappa shape index (κ1) is 17.9. The number of benzene rings is 1. The van der Waals surface area contributed by atoms with Gasteiger partial charge in [0, 0.05) is 24.0 Å². The molecule has 2 aromatic heterocycles. The summed E-state index contributed by atoms with van der Waals surface area (Å²) in [4.78, 5) is 15.9. The van der Waals surface area contributed by atoms with Crippen molar-refractivity contribution in [2.45, 2.75) is 12.1 Å². The highest BCUT2D eigenvalue weighted by atomic mass is 32.2. The van der Waals surface area contributed by atoms with Crippen molar-refractivity contribution in [2.75, 3.05) is 19.5 Å². The van der Waals surface area contributed by atoms with Crippen LogP contribution in [0.4, 0.5) is 0 Å². The van der Waals surface area contributed by atoms with Crippen molar-refractivity contribution in [2.24, 2.45) is 0 Å². The summed E-state index contributed by atoms with van der Waals surface area (Å²) >= 11 is 1.27. The zero-order chi connectivity index (χ0) is 18.4. The van der Waals surface area contributed by atoms with Crippen molar-refractivity contribution in [3.63, 3.8) is 0 Å². The summed E-state index contributed by atoms with van der Waals surface area (Å²) < 4.78 is 12.2. The molecule has 0 amide bonds. The summed E-state index contributed by atoms with van der Waals surface area (Å²) in [5.74, 6) is 1.22. The first-order chi connectivity index (χ1) is 12.7. The Morgan fingerprint density at radius 3 is 2.85 bits per heavy atom. The van der Waals surface area contributed by atoms with Gasteiger partial charge in [-0.2, -0.15) is 0 Å². The highest BCUT2D eigenvalue weighted by Crippen LogP contribution is 2.29. The van der Waals surface area contributed by atoms with E-state index in [1.54, 1.807) is 26.4 Å². The lowest BCUT2D eigenvalue weighted by atomic mass is 10.2. The van der Waals surface area contributed by atoms with Crippen LogP contribution in [0.25, 0.3) is 17.1 Å². The van der Waals surface area contributed by atoms with E-state index in [2.05, 4.69) is 15.2 Å². The molecule has 0 aliphatic rings. The molecule has 0 saturated heterocycles. The molecule has 0 fully saturated rings. The Bertz CT molecular complexity index is 883. The lowest BCUT2D eigenvalue weighted by molar-refractivity contribution is -0.139. The lowest BCUT2D eigenvalue weighted by Crippen LogP contribution is -2.08. The third-order valence-corrected chi connectivity index (χ3v) is 4.39. The summed E-state index contributed by atoms with van der Waals surface area (Å²) in [6.07, 6.45) is 3.42. The van der Waals surface area contributed by atoms with E-state index in [4.69, 9.17) is 9.47 Å². The molecular weight excluding hydrogens is 352 g/mol. The molecule has 0 spiro atoms. The quantitative estimate of drug-likeness (QED) is 0.467. The van der Waals surface area contributed by atoms with Gasteiger partial charge < -0.3 is 9.47 Å².